The van der Waals surface area contributed by atoms with Crippen LogP contribution in [0.1, 0.15) is 0 Å². The highest BCUT2D eigenvalue weighted by atomic mass is 35.5. The minimum absolute atomic E-state index is 0. The van der Waals surface area contributed by atoms with Gasteiger partial charge in [-0.3, -0.25) is 0 Å². The Kier molecular flexibility index (Phi) is 3.50. The Labute approximate surface area is 68.3 Å². The Morgan fingerprint density at radius 1 is 1.00 bits per heavy atom. The van der Waals surface area contributed by atoms with E-state index in [9.17, 15) is 0 Å². The number of phenols is 1. The fraction of sp³-hybridized carbons (Fsp3) is 0. The van der Waals surface area contributed by atoms with Crippen LogP contribution in [0.2, 0.25) is 10.0 Å². The van der Waals surface area contributed by atoms with E-state index in [0.29, 0.717) is 10.0 Å². The zero-order chi connectivity index (χ0) is 6.85. The van der Waals surface area contributed by atoms with Crippen LogP contribution in [0.3, 0.4) is 0 Å². The summed E-state index contributed by atoms with van der Waals surface area (Å²) in [5.74, 6) is 0.0903. The summed E-state index contributed by atoms with van der Waals surface area (Å²) < 4.78 is 0. The molecule has 0 unspecified atom stereocenters. The van der Waals surface area contributed by atoms with Crippen molar-refractivity contribution in [1.82, 2.24) is 0 Å². The van der Waals surface area contributed by atoms with Crippen molar-refractivity contribution in [2.75, 3.05) is 0 Å². The summed E-state index contributed by atoms with van der Waals surface area (Å²) in [6, 6.07) is 4.41. The Morgan fingerprint density at radius 2 is 1.40 bits per heavy atom. The lowest BCUT2D eigenvalue weighted by atomic mass is 10.3. The smallest absolute Gasteiger partial charge is 0.118 e. The van der Waals surface area contributed by atoms with Crippen molar-refractivity contribution < 1.29 is 10.6 Å². The fourth-order valence-electron chi connectivity index (χ4n) is 0.539. The molecule has 0 fully saturated rings. The molecule has 0 atom stereocenters. The molecule has 2 nitrogen and oxygen atoms in total. The highest BCUT2D eigenvalue weighted by Crippen LogP contribution is 2.22. The van der Waals surface area contributed by atoms with Gasteiger partial charge >= 0.3 is 0 Å². The molecule has 0 radical (unpaired) electrons. The molecule has 56 valence electrons. The van der Waals surface area contributed by atoms with E-state index in [1.54, 1.807) is 6.07 Å². The van der Waals surface area contributed by atoms with E-state index in [1.807, 2.05) is 0 Å². The molecule has 0 aliphatic heterocycles. The maximum absolute atomic E-state index is 8.82. The Balaban J connectivity index is 0.000000810. The summed E-state index contributed by atoms with van der Waals surface area (Å²) in [4.78, 5) is 0. The number of benzene rings is 1. The monoisotopic (exact) mass is 180 g/mol. The van der Waals surface area contributed by atoms with Crippen molar-refractivity contribution in [3.8, 4) is 5.75 Å². The van der Waals surface area contributed by atoms with Gasteiger partial charge in [0.05, 0.1) is 0 Å². The molecule has 10 heavy (non-hydrogen) atoms. The molecule has 0 saturated heterocycles. The highest BCUT2D eigenvalue weighted by molar-refractivity contribution is 6.34. The minimum atomic E-state index is 0. The zero-order valence-corrected chi connectivity index (χ0v) is 6.45. The van der Waals surface area contributed by atoms with Crippen LogP contribution < -0.4 is 0 Å². The molecule has 0 heterocycles. The predicted molar refractivity (Wildman–Crippen MR) is 41.7 cm³/mol. The van der Waals surface area contributed by atoms with Crippen LogP contribution in [-0.2, 0) is 0 Å². The van der Waals surface area contributed by atoms with E-state index in [4.69, 9.17) is 28.3 Å². The van der Waals surface area contributed by atoms with Gasteiger partial charge in [-0.15, -0.1) is 0 Å². The van der Waals surface area contributed by atoms with Crippen LogP contribution in [-0.4, -0.2) is 10.6 Å². The second-order valence-electron chi connectivity index (χ2n) is 1.63. The number of rotatable bonds is 0. The lowest BCUT2D eigenvalue weighted by Crippen LogP contribution is -1.65. The lowest BCUT2D eigenvalue weighted by molar-refractivity contribution is 0.475. The van der Waals surface area contributed by atoms with Crippen molar-refractivity contribution in [3.63, 3.8) is 0 Å². The zero-order valence-electron chi connectivity index (χ0n) is 4.94. The summed E-state index contributed by atoms with van der Waals surface area (Å²) in [5.41, 5.74) is 0. The van der Waals surface area contributed by atoms with Crippen molar-refractivity contribution in [1.29, 1.82) is 0 Å². The molecule has 1 rings (SSSR count). The maximum atomic E-state index is 8.82. The van der Waals surface area contributed by atoms with Crippen LogP contribution in [0.15, 0.2) is 18.2 Å². The first-order valence-electron chi connectivity index (χ1n) is 2.33. The average molecular weight is 181 g/mol. The van der Waals surface area contributed by atoms with Gasteiger partial charge in [0.2, 0.25) is 0 Å². The summed E-state index contributed by atoms with van der Waals surface area (Å²) in [7, 11) is 0. The second-order valence-corrected chi connectivity index (χ2v) is 2.50. The SMILES string of the molecule is O.Oc1cc(Cl)cc(Cl)c1. The van der Waals surface area contributed by atoms with Gasteiger partial charge in [-0.2, -0.15) is 0 Å². The van der Waals surface area contributed by atoms with Gasteiger partial charge in [-0.25, -0.2) is 0 Å². The van der Waals surface area contributed by atoms with Crippen molar-refractivity contribution in [2.24, 2.45) is 0 Å². The molecule has 4 heteroatoms. The third-order valence-corrected chi connectivity index (χ3v) is 1.28. The van der Waals surface area contributed by atoms with Crippen LogP contribution in [0.4, 0.5) is 0 Å². The van der Waals surface area contributed by atoms with E-state index in [-0.39, 0.29) is 11.2 Å². The topological polar surface area (TPSA) is 51.7 Å². The largest absolute Gasteiger partial charge is 0.508 e. The predicted octanol–water partition coefficient (Wildman–Crippen LogP) is 1.87. The van der Waals surface area contributed by atoms with Gasteiger partial charge in [0, 0.05) is 10.0 Å². The summed E-state index contributed by atoms with van der Waals surface area (Å²) in [6.07, 6.45) is 0. The number of phenolic OH excluding ortho intramolecular Hbond substituents is 1. The quantitative estimate of drug-likeness (QED) is 0.652. The van der Waals surface area contributed by atoms with Crippen LogP contribution in [0.25, 0.3) is 0 Å². The summed E-state index contributed by atoms with van der Waals surface area (Å²) in [6.45, 7) is 0. The van der Waals surface area contributed by atoms with Crippen molar-refractivity contribution in [3.05, 3.63) is 28.2 Å². The molecule has 0 bridgehead atoms. The van der Waals surface area contributed by atoms with E-state index in [1.165, 1.54) is 12.1 Å². The summed E-state index contributed by atoms with van der Waals surface area (Å²) in [5, 5.41) is 9.71. The molecule has 1 aromatic carbocycles. The first-order valence-corrected chi connectivity index (χ1v) is 3.09. The molecule has 0 aliphatic carbocycles. The van der Waals surface area contributed by atoms with Gasteiger partial charge in [0.1, 0.15) is 5.75 Å². The lowest BCUT2D eigenvalue weighted by Gasteiger charge is -1.92. The normalized spacial score (nSPS) is 8.60. The molecule has 0 amide bonds. The van der Waals surface area contributed by atoms with Gasteiger partial charge in [0.15, 0.2) is 0 Å². The number of halogens is 2. The van der Waals surface area contributed by atoms with Crippen molar-refractivity contribution in [2.45, 2.75) is 0 Å². The minimum Gasteiger partial charge on any atom is -0.508 e. The molecular weight excluding hydrogens is 175 g/mol. The van der Waals surface area contributed by atoms with E-state index in [0.717, 1.165) is 0 Å². The molecule has 0 saturated carbocycles. The van der Waals surface area contributed by atoms with Gasteiger partial charge in [-0.1, -0.05) is 23.2 Å². The average Bonchev–Trinajstić information content (AvgIpc) is 1.59. The maximum Gasteiger partial charge on any atom is 0.118 e. The third kappa shape index (κ3) is 2.43. The number of hydrogen-bond acceptors (Lipinski definition) is 1. The first-order chi connectivity index (χ1) is 4.18. The molecule has 0 spiro atoms. The highest BCUT2D eigenvalue weighted by Gasteiger charge is 1.93. The van der Waals surface area contributed by atoms with Gasteiger partial charge < -0.3 is 10.6 Å². The van der Waals surface area contributed by atoms with Crippen LogP contribution in [0, 0.1) is 0 Å². The Hall–Kier alpha value is -0.440. The molecule has 0 aromatic heterocycles. The van der Waals surface area contributed by atoms with Gasteiger partial charge in [0.25, 0.3) is 0 Å². The molecule has 3 N–H and O–H groups in total. The van der Waals surface area contributed by atoms with E-state index < -0.39 is 0 Å². The number of hydrogen-bond donors (Lipinski definition) is 1. The van der Waals surface area contributed by atoms with Crippen molar-refractivity contribution >= 4 is 23.2 Å². The Bertz CT molecular complexity index is 175. The van der Waals surface area contributed by atoms with E-state index >= 15 is 0 Å². The number of aromatic hydroxyl groups is 1. The van der Waals surface area contributed by atoms with Crippen LogP contribution >= 0.6 is 23.2 Å². The molecule has 0 aliphatic rings. The molecular formula is C6H6Cl2O2. The third-order valence-electron chi connectivity index (χ3n) is 0.847. The fourth-order valence-corrected chi connectivity index (χ4v) is 1.05. The summed E-state index contributed by atoms with van der Waals surface area (Å²) >= 11 is 11.0. The molecule has 1 aromatic rings. The first kappa shape index (κ1) is 9.56. The second kappa shape index (κ2) is 3.66. The van der Waals surface area contributed by atoms with Crippen LogP contribution in [0.5, 0.6) is 5.75 Å². The standard InChI is InChI=1S/C6H4Cl2O.H2O/c7-4-1-5(8)3-6(9)2-4;/h1-3,9H;1H2. The van der Waals surface area contributed by atoms with E-state index in [2.05, 4.69) is 0 Å². The van der Waals surface area contributed by atoms with Gasteiger partial charge in [-0.05, 0) is 18.2 Å². The Morgan fingerprint density at radius 3 is 1.70 bits per heavy atom.